The summed E-state index contributed by atoms with van der Waals surface area (Å²) in [7, 11) is 0. The highest BCUT2D eigenvalue weighted by atomic mass is 35.5. The van der Waals surface area contributed by atoms with Gasteiger partial charge in [0.05, 0.1) is 0 Å². The summed E-state index contributed by atoms with van der Waals surface area (Å²) in [6.07, 6.45) is 0.828. The van der Waals surface area contributed by atoms with Gasteiger partial charge in [-0.1, -0.05) is 23.7 Å². The summed E-state index contributed by atoms with van der Waals surface area (Å²) in [4.78, 5) is 14.1. The van der Waals surface area contributed by atoms with Gasteiger partial charge in [-0.15, -0.1) is 0 Å². The lowest BCUT2D eigenvalue weighted by atomic mass is 9.98. The smallest absolute Gasteiger partial charge is 0.322 e. The Balaban J connectivity index is 1.72. The number of hydrogen-bond donors (Lipinski definition) is 2. The van der Waals surface area contributed by atoms with Crippen LogP contribution in [0.5, 0.6) is 0 Å². The maximum atomic E-state index is 12.3. The van der Waals surface area contributed by atoms with Crippen molar-refractivity contribution in [3.8, 4) is 0 Å². The van der Waals surface area contributed by atoms with Crippen LogP contribution in [0.15, 0.2) is 42.5 Å². The molecule has 2 amide bonds. The summed E-state index contributed by atoms with van der Waals surface area (Å²) >= 11 is 5.83. The van der Waals surface area contributed by atoms with Gasteiger partial charge in [0, 0.05) is 29.5 Å². The lowest BCUT2D eigenvalue weighted by Gasteiger charge is -2.29. The topological polar surface area (TPSA) is 58.4 Å². The number of nitrogens with one attached hydrogen (secondary N) is 1. The largest absolute Gasteiger partial charge is 0.398 e. The first-order chi connectivity index (χ1) is 10.1. The molecule has 3 rings (SSSR count). The lowest BCUT2D eigenvalue weighted by Crippen LogP contribution is -2.39. The monoisotopic (exact) mass is 301 g/mol. The van der Waals surface area contributed by atoms with Gasteiger partial charge in [0.15, 0.2) is 0 Å². The van der Waals surface area contributed by atoms with Gasteiger partial charge in [-0.25, -0.2) is 4.79 Å². The maximum absolute atomic E-state index is 12.3. The van der Waals surface area contributed by atoms with E-state index in [-0.39, 0.29) is 6.03 Å². The molecule has 21 heavy (non-hydrogen) atoms. The van der Waals surface area contributed by atoms with Gasteiger partial charge in [0.2, 0.25) is 0 Å². The fourth-order valence-electron chi connectivity index (χ4n) is 2.52. The number of amides is 2. The van der Waals surface area contributed by atoms with Gasteiger partial charge in [-0.05, 0) is 47.9 Å². The number of hydrogen-bond acceptors (Lipinski definition) is 2. The molecule has 0 saturated carbocycles. The van der Waals surface area contributed by atoms with E-state index >= 15 is 0 Å². The summed E-state index contributed by atoms with van der Waals surface area (Å²) in [6, 6.07) is 12.9. The molecule has 108 valence electrons. The van der Waals surface area contributed by atoms with E-state index in [0.29, 0.717) is 18.1 Å². The van der Waals surface area contributed by atoms with Gasteiger partial charge >= 0.3 is 6.03 Å². The summed E-state index contributed by atoms with van der Waals surface area (Å²) in [5, 5.41) is 3.52. The van der Waals surface area contributed by atoms with E-state index in [4.69, 9.17) is 17.3 Å². The molecular formula is C16H16ClN3O. The molecular weight excluding hydrogens is 286 g/mol. The molecule has 1 aliphatic heterocycles. The summed E-state index contributed by atoms with van der Waals surface area (Å²) in [6.45, 7) is 1.23. The number of rotatable bonds is 1. The third kappa shape index (κ3) is 2.95. The van der Waals surface area contributed by atoms with Crippen LogP contribution in [-0.4, -0.2) is 17.5 Å². The van der Waals surface area contributed by atoms with Crippen LogP contribution in [-0.2, 0) is 13.0 Å². The molecule has 0 spiro atoms. The van der Waals surface area contributed by atoms with Crippen molar-refractivity contribution in [1.82, 2.24) is 4.90 Å². The van der Waals surface area contributed by atoms with Crippen molar-refractivity contribution in [2.75, 3.05) is 17.6 Å². The SMILES string of the molecule is Nc1cccc2c1CN(C(=O)Nc1ccc(Cl)cc1)CC2. The summed E-state index contributed by atoms with van der Waals surface area (Å²) in [5.41, 5.74) is 9.76. The molecule has 0 saturated heterocycles. The van der Waals surface area contributed by atoms with E-state index in [9.17, 15) is 4.79 Å². The highest BCUT2D eigenvalue weighted by molar-refractivity contribution is 6.30. The molecule has 0 fully saturated rings. The van der Waals surface area contributed by atoms with Gasteiger partial charge in [-0.2, -0.15) is 0 Å². The third-order valence-corrected chi connectivity index (χ3v) is 3.94. The Hall–Kier alpha value is -2.20. The van der Waals surface area contributed by atoms with E-state index in [1.54, 1.807) is 29.2 Å². The highest BCUT2D eigenvalue weighted by Gasteiger charge is 2.22. The van der Waals surface area contributed by atoms with Crippen LogP contribution in [0.4, 0.5) is 16.2 Å². The Labute approximate surface area is 128 Å². The zero-order chi connectivity index (χ0) is 14.8. The Morgan fingerprint density at radius 3 is 2.71 bits per heavy atom. The van der Waals surface area contributed by atoms with E-state index in [2.05, 4.69) is 11.4 Å². The van der Waals surface area contributed by atoms with E-state index < -0.39 is 0 Å². The van der Waals surface area contributed by atoms with E-state index in [1.165, 1.54) is 5.56 Å². The quantitative estimate of drug-likeness (QED) is 0.792. The Morgan fingerprint density at radius 1 is 1.19 bits per heavy atom. The van der Waals surface area contributed by atoms with Gasteiger partial charge < -0.3 is 16.0 Å². The van der Waals surface area contributed by atoms with Crippen molar-refractivity contribution in [3.63, 3.8) is 0 Å². The first-order valence-corrected chi connectivity index (χ1v) is 7.19. The first kappa shape index (κ1) is 13.8. The second-order valence-corrected chi connectivity index (χ2v) is 5.53. The van der Waals surface area contributed by atoms with Crippen molar-refractivity contribution in [1.29, 1.82) is 0 Å². The number of carbonyl (C=O) groups excluding carboxylic acids is 1. The zero-order valence-corrected chi connectivity index (χ0v) is 12.2. The number of nitrogens with two attached hydrogens (primary N) is 1. The molecule has 1 aliphatic rings. The average Bonchev–Trinajstić information content (AvgIpc) is 2.50. The molecule has 0 bridgehead atoms. The van der Waals surface area contributed by atoms with Crippen molar-refractivity contribution in [2.24, 2.45) is 0 Å². The number of halogens is 1. The second kappa shape index (κ2) is 5.66. The molecule has 0 unspecified atom stereocenters. The normalized spacial score (nSPS) is 13.7. The van der Waals surface area contributed by atoms with Crippen molar-refractivity contribution in [3.05, 3.63) is 58.6 Å². The van der Waals surface area contributed by atoms with Gasteiger partial charge in [-0.3, -0.25) is 0 Å². The summed E-state index contributed by atoms with van der Waals surface area (Å²) in [5.74, 6) is 0. The molecule has 0 aromatic heterocycles. The van der Waals surface area contributed by atoms with Crippen LogP contribution in [0.25, 0.3) is 0 Å². The summed E-state index contributed by atoms with van der Waals surface area (Å²) < 4.78 is 0. The number of urea groups is 1. The van der Waals surface area contributed by atoms with Crippen molar-refractivity contribution < 1.29 is 4.79 Å². The predicted octanol–water partition coefficient (Wildman–Crippen LogP) is 3.51. The molecule has 0 atom stereocenters. The number of carbonyl (C=O) groups is 1. The van der Waals surface area contributed by atoms with Crippen molar-refractivity contribution in [2.45, 2.75) is 13.0 Å². The first-order valence-electron chi connectivity index (χ1n) is 6.81. The number of anilines is 2. The van der Waals surface area contributed by atoms with Gasteiger partial charge in [0.25, 0.3) is 0 Å². The van der Waals surface area contributed by atoms with Crippen LogP contribution < -0.4 is 11.1 Å². The maximum Gasteiger partial charge on any atom is 0.322 e. The van der Waals surface area contributed by atoms with Crippen LogP contribution in [0.2, 0.25) is 5.02 Å². The van der Waals surface area contributed by atoms with E-state index in [1.807, 2.05) is 12.1 Å². The lowest BCUT2D eigenvalue weighted by molar-refractivity contribution is 0.206. The van der Waals surface area contributed by atoms with Crippen molar-refractivity contribution >= 4 is 29.0 Å². The molecule has 3 N–H and O–H groups in total. The molecule has 2 aromatic carbocycles. The third-order valence-electron chi connectivity index (χ3n) is 3.69. The molecule has 5 heteroatoms. The van der Waals surface area contributed by atoms with Crippen LogP contribution >= 0.6 is 11.6 Å². The average molecular weight is 302 g/mol. The Morgan fingerprint density at radius 2 is 1.95 bits per heavy atom. The molecule has 4 nitrogen and oxygen atoms in total. The van der Waals surface area contributed by atoms with Crippen LogP contribution in [0.1, 0.15) is 11.1 Å². The molecule has 2 aromatic rings. The highest BCUT2D eigenvalue weighted by Crippen LogP contribution is 2.24. The minimum absolute atomic E-state index is 0.119. The number of nitrogen functional groups attached to an aromatic ring is 1. The standard InChI is InChI=1S/C16H16ClN3O/c17-12-4-6-13(7-5-12)19-16(21)20-9-8-11-2-1-3-15(18)14(11)10-20/h1-7H,8-10,18H2,(H,19,21). The molecule has 0 aliphatic carbocycles. The van der Waals surface area contributed by atoms with Gasteiger partial charge in [0.1, 0.15) is 0 Å². The minimum Gasteiger partial charge on any atom is -0.398 e. The molecule has 0 radical (unpaired) electrons. The fraction of sp³-hybridized carbons (Fsp3) is 0.188. The fourth-order valence-corrected chi connectivity index (χ4v) is 2.64. The molecule has 1 heterocycles. The number of nitrogens with zero attached hydrogens (tertiary/aromatic N) is 1. The Kier molecular flexibility index (Phi) is 3.71. The number of fused-ring (bicyclic) bond motifs is 1. The predicted molar refractivity (Wildman–Crippen MR) is 85.4 cm³/mol. The van der Waals surface area contributed by atoms with E-state index in [0.717, 1.165) is 23.4 Å². The Bertz CT molecular complexity index is 670. The van der Waals surface area contributed by atoms with Crippen LogP contribution in [0, 0.1) is 0 Å². The zero-order valence-electron chi connectivity index (χ0n) is 11.5. The minimum atomic E-state index is -0.119. The second-order valence-electron chi connectivity index (χ2n) is 5.09. The van der Waals surface area contributed by atoms with Crippen LogP contribution in [0.3, 0.4) is 0 Å². The number of benzene rings is 2.